The van der Waals surface area contributed by atoms with Crippen LogP contribution in [0.4, 0.5) is 11.4 Å². The highest BCUT2D eigenvalue weighted by molar-refractivity contribution is 5.96. The molecule has 1 aliphatic rings. The molecule has 0 radical (unpaired) electrons. The number of para-hydroxylation sites is 2. The first-order valence-corrected chi connectivity index (χ1v) is 9.36. The van der Waals surface area contributed by atoms with E-state index in [1.54, 1.807) is 6.92 Å². The maximum atomic E-state index is 12.7. The van der Waals surface area contributed by atoms with Gasteiger partial charge in [0.1, 0.15) is 0 Å². The molecular formula is C24H24N2O. The molecule has 1 aliphatic heterocycles. The van der Waals surface area contributed by atoms with Crippen molar-refractivity contribution in [3.05, 3.63) is 96.1 Å². The predicted molar refractivity (Wildman–Crippen MR) is 111 cm³/mol. The molecule has 3 aromatic rings. The molecule has 27 heavy (non-hydrogen) atoms. The molecule has 1 amide bonds. The highest BCUT2D eigenvalue weighted by atomic mass is 16.2. The van der Waals surface area contributed by atoms with Crippen molar-refractivity contribution in [2.45, 2.75) is 31.8 Å². The minimum atomic E-state index is -0.304. The molecule has 0 saturated heterocycles. The maximum Gasteiger partial charge on any atom is 0.224 e. The summed E-state index contributed by atoms with van der Waals surface area (Å²) in [5.74, 6) is 0.0513. The summed E-state index contributed by atoms with van der Waals surface area (Å²) in [6.45, 7) is 3.87. The summed E-state index contributed by atoms with van der Waals surface area (Å²) in [5, 5.41) is 3.74. The van der Waals surface area contributed by atoms with Crippen molar-refractivity contribution < 1.29 is 4.79 Å². The molecule has 3 aromatic carbocycles. The van der Waals surface area contributed by atoms with E-state index in [1.165, 1.54) is 5.56 Å². The van der Waals surface area contributed by atoms with Crippen LogP contribution in [0, 0.1) is 0 Å². The number of benzene rings is 3. The van der Waals surface area contributed by atoms with Gasteiger partial charge in [0.05, 0.1) is 23.0 Å². The summed E-state index contributed by atoms with van der Waals surface area (Å²) < 4.78 is 0. The number of hydrogen-bond donors (Lipinski definition) is 1. The van der Waals surface area contributed by atoms with Gasteiger partial charge in [-0.05, 0) is 36.6 Å². The van der Waals surface area contributed by atoms with Gasteiger partial charge in [-0.1, -0.05) is 72.8 Å². The SMILES string of the molecule is CC(=O)N1c2ccccc2N[C@@](C)(c2ccccc2)C[C@H]1c1ccccc1. The molecule has 3 heteroatoms. The Hall–Kier alpha value is -3.07. The molecule has 1 heterocycles. The van der Waals surface area contributed by atoms with Crippen LogP contribution in [-0.2, 0) is 10.3 Å². The van der Waals surface area contributed by atoms with E-state index >= 15 is 0 Å². The van der Waals surface area contributed by atoms with Gasteiger partial charge in [-0.2, -0.15) is 0 Å². The molecule has 1 N–H and O–H groups in total. The predicted octanol–water partition coefficient (Wildman–Crippen LogP) is 5.51. The van der Waals surface area contributed by atoms with E-state index in [0.29, 0.717) is 0 Å². The van der Waals surface area contributed by atoms with Gasteiger partial charge in [-0.3, -0.25) is 4.79 Å². The van der Waals surface area contributed by atoms with Crippen molar-refractivity contribution in [2.75, 3.05) is 10.2 Å². The summed E-state index contributed by atoms with van der Waals surface area (Å²) in [4.78, 5) is 14.7. The van der Waals surface area contributed by atoms with Crippen LogP contribution in [0.5, 0.6) is 0 Å². The van der Waals surface area contributed by atoms with Gasteiger partial charge in [0.2, 0.25) is 5.91 Å². The van der Waals surface area contributed by atoms with Crippen LogP contribution >= 0.6 is 0 Å². The first-order valence-electron chi connectivity index (χ1n) is 9.36. The van der Waals surface area contributed by atoms with Crippen LogP contribution in [0.25, 0.3) is 0 Å². The lowest BCUT2D eigenvalue weighted by molar-refractivity contribution is -0.117. The lowest BCUT2D eigenvalue weighted by Crippen LogP contribution is -2.37. The van der Waals surface area contributed by atoms with Crippen molar-refractivity contribution in [1.82, 2.24) is 0 Å². The molecular weight excluding hydrogens is 332 g/mol. The Morgan fingerprint density at radius 3 is 2.19 bits per heavy atom. The number of nitrogens with one attached hydrogen (secondary N) is 1. The van der Waals surface area contributed by atoms with E-state index in [-0.39, 0.29) is 17.5 Å². The molecule has 2 atom stereocenters. The molecule has 4 rings (SSSR count). The highest BCUT2D eigenvalue weighted by Crippen LogP contribution is 2.46. The summed E-state index contributed by atoms with van der Waals surface area (Å²) in [7, 11) is 0. The molecule has 0 spiro atoms. The van der Waals surface area contributed by atoms with Crippen LogP contribution in [0.1, 0.15) is 37.4 Å². The quantitative estimate of drug-likeness (QED) is 0.656. The Labute approximate surface area is 160 Å². The number of hydrogen-bond acceptors (Lipinski definition) is 2. The molecule has 0 bridgehead atoms. The third kappa shape index (κ3) is 3.21. The third-order valence-corrected chi connectivity index (χ3v) is 5.42. The van der Waals surface area contributed by atoms with Crippen LogP contribution in [0.2, 0.25) is 0 Å². The Kier molecular flexibility index (Phi) is 4.44. The zero-order valence-electron chi connectivity index (χ0n) is 15.7. The Morgan fingerprint density at radius 2 is 1.52 bits per heavy atom. The Balaban J connectivity index is 1.92. The fourth-order valence-electron chi connectivity index (χ4n) is 4.11. The average Bonchev–Trinajstić information content (AvgIpc) is 2.84. The van der Waals surface area contributed by atoms with Gasteiger partial charge in [-0.25, -0.2) is 0 Å². The fourth-order valence-corrected chi connectivity index (χ4v) is 4.11. The number of nitrogens with zero attached hydrogens (tertiary/aromatic N) is 1. The van der Waals surface area contributed by atoms with Gasteiger partial charge in [0, 0.05) is 6.92 Å². The highest BCUT2D eigenvalue weighted by Gasteiger charge is 2.39. The first-order chi connectivity index (χ1) is 13.1. The van der Waals surface area contributed by atoms with E-state index in [9.17, 15) is 4.79 Å². The van der Waals surface area contributed by atoms with Gasteiger partial charge in [0.15, 0.2) is 0 Å². The van der Waals surface area contributed by atoms with Gasteiger partial charge in [0.25, 0.3) is 0 Å². The number of fused-ring (bicyclic) bond motifs is 1. The van der Waals surface area contributed by atoms with Gasteiger partial charge >= 0.3 is 0 Å². The zero-order valence-corrected chi connectivity index (χ0v) is 15.7. The molecule has 0 aliphatic carbocycles. The second kappa shape index (κ2) is 6.92. The maximum absolute atomic E-state index is 12.7. The lowest BCUT2D eigenvalue weighted by Gasteiger charge is -2.35. The first kappa shape index (κ1) is 17.3. The smallest absolute Gasteiger partial charge is 0.224 e. The Bertz CT molecular complexity index is 939. The standard InChI is InChI=1S/C24H24N2O/c1-18(27)26-22-16-10-9-15-21(22)25-24(2,20-13-7-4-8-14-20)17-23(26)19-11-5-3-6-12-19/h3-16,23,25H,17H2,1-2H3/t23-,24+/m0/s1. The number of rotatable bonds is 2. The van der Waals surface area contributed by atoms with Crippen molar-refractivity contribution in [2.24, 2.45) is 0 Å². The second-order valence-corrected chi connectivity index (χ2v) is 7.36. The number of amides is 1. The lowest BCUT2D eigenvalue weighted by atomic mass is 9.83. The summed E-state index contributed by atoms with van der Waals surface area (Å²) >= 11 is 0. The minimum Gasteiger partial charge on any atom is -0.374 e. The van der Waals surface area contributed by atoms with Crippen LogP contribution in [-0.4, -0.2) is 5.91 Å². The zero-order chi connectivity index (χ0) is 18.9. The van der Waals surface area contributed by atoms with Crippen molar-refractivity contribution in [3.63, 3.8) is 0 Å². The fraction of sp³-hybridized carbons (Fsp3) is 0.208. The molecule has 136 valence electrons. The van der Waals surface area contributed by atoms with E-state index in [0.717, 1.165) is 23.4 Å². The van der Waals surface area contributed by atoms with Gasteiger partial charge < -0.3 is 10.2 Å². The second-order valence-electron chi connectivity index (χ2n) is 7.36. The molecule has 3 nitrogen and oxygen atoms in total. The average molecular weight is 356 g/mol. The molecule has 0 saturated carbocycles. The molecule has 0 aromatic heterocycles. The van der Waals surface area contributed by atoms with E-state index in [1.807, 2.05) is 47.4 Å². The minimum absolute atomic E-state index is 0.0509. The molecule has 0 fully saturated rings. The number of anilines is 2. The summed E-state index contributed by atoms with van der Waals surface area (Å²) in [6.07, 6.45) is 0.773. The monoisotopic (exact) mass is 356 g/mol. The third-order valence-electron chi connectivity index (χ3n) is 5.42. The van der Waals surface area contributed by atoms with Crippen molar-refractivity contribution >= 4 is 17.3 Å². The van der Waals surface area contributed by atoms with E-state index < -0.39 is 0 Å². The Morgan fingerprint density at radius 1 is 0.926 bits per heavy atom. The molecule has 0 unspecified atom stereocenters. The van der Waals surface area contributed by atoms with Crippen LogP contribution in [0.15, 0.2) is 84.9 Å². The topological polar surface area (TPSA) is 32.3 Å². The number of carbonyl (C=O) groups excluding carboxylic acids is 1. The van der Waals surface area contributed by atoms with Crippen molar-refractivity contribution in [1.29, 1.82) is 0 Å². The van der Waals surface area contributed by atoms with Gasteiger partial charge in [-0.15, -0.1) is 0 Å². The number of carbonyl (C=O) groups is 1. The van der Waals surface area contributed by atoms with Crippen LogP contribution in [0.3, 0.4) is 0 Å². The van der Waals surface area contributed by atoms with Crippen molar-refractivity contribution in [3.8, 4) is 0 Å². The van der Waals surface area contributed by atoms with Crippen LogP contribution < -0.4 is 10.2 Å². The summed E-state index contributed by atoms with van der Waals surface area (Å²) in [5.41, 5.74) is 3.97. The normalized spacial score (nSPS) is 21.7. The summed E-state index contributed by atoms with van der Waals surface area (Å²) in [6, 6.07) is 28.8. The van der Waals surface area contributed by atoms with E-state index in [2.05, 4.69) is 54.7 Å². The largest absolute Gasteiger partial charge is 0.374 e. The van der Waals surface area contributed by atoms with E-state index in [4.69, 9.17) is 0 Å².